The molecule has 1 N–H and O–H groups in total. The van der Waals surface area contributed by atoms with Crippen LogP contribution in [0.15, 0.2) is 53.3 Å². The second kappa shape index (κ2) is 6.20. The second-order valence-corrected chi connectivity index (χ2v) is 5.53. The Bertz CT molecular complexity index is 776. The van der Waals surface area contributed by atoms with Gasteiger partial charge in [0.05, 0.1) is 5.52 Å². The molecule has 21 heavy (non-hydrogen) atoms. The van der Waals surface area contributed by atoms with Crippen LogP contribution in [0.3, 0.4) is 0 Å². The summed E-state index contributed by atoms with van der Waals surface area (Å²) >= 11 is 3.40. The Morgan fingerprint density at radius 2 is 2.10 bits per heavy atom. The molecular weight excluding hydrogens is 330 g/mol. The van der Waals surface area contributed by atoms with Gasteiger partial charge < -0.3 is 10.1 Å². The molecule has 0 saturated carbocycles. The Kier molecular flexibility index (Phi) is 4.13. The van der Waals surface area contributed by atoms with E-state index in [1.54, 1.807) is 12.4 Å². The quantitative estimate of drug-likeness (QED) is 0.780. The number of hydrogen-bond acceptors (Lipinski definition) is 4. The summed E-state index contributed by atoms with van der Waals surface area (Å²) < 4.78 is 6.87. The number of nitrogens with one attached hydrogen (secondary N) is 1. The zero-order valence-corrected chi connectivity index (χ0v) is 13.1. The molecule has 3 rings (SSSR count). The molecule has 2 heterocycles. The van der Waals surface area contributed by atoms with Crippen LogP contribution >= 0.6 is 15.9 Å². The predicted octanol–water partition coefficient (Wildman–Crippen LogP) is 3.90. The van der Waals surface area contributed by atoms with Crippen LogP contribution in [0.1, 0.15) is 5.56 Å². The van der Waals surface area contributed by atoms with E-state index in [0.717, 1.165) is 27.8 Å². The number of nitrogens with zero attached hydrogens (tertiary/aromatic N) is 2. The van der Waals surface area contributed by atoms with Gasteiger partial charge in [-0.05, 0) is 46.7 Å². The van der Waals surface area contributed by atoms with E-state index < -0.39 is 0 Å². The second-order valence-electron chi connectivity index (χ2n) is 4.61. The lowest BCUT2D eigenvalue weighted by Crippen LogP contribution is -2.04. The first-order valence-corrected chi connectivity index (χ1v) is 7.37. The molecule has 5 heteroatoms. The number of hydrogen-bond donors (Lipinski definition) is 1. The highest BCUT2D eigenvalue weighted by Gasteiger charge is 2.07. The van der Waals surface area contributed by atoms with E-state index in [2.05, 4.69) is 37.3 Å². The Labute approximate surface area is 131 Å². The van der Waals surface area contributed by atoms with Gasteiger partial charge in [0, 0.05) is 29.5 Å². The van der Waals surface area contributed by atoms with Crippen molar-refractivity contribution in [3.63, 3.8) is 0 Å². The van der Waals surface area contributed by atoms with Crippen molar-refractivity contribution in [1.29, 1.82) is 0 Å². The highest BCUT2D eigenvalue weighted by atomic mass is 79.9. The molecule has 1 aromatic carbocycles. The smallest absolute Gasteiger partial charge is 0.156 e. The van der Waals surface area contributed by atoms with Gasteiger partial charge in [0.15, 0.2) is 5.75 Å². The van der Waals surface area contributed by atoms with Crippen LogP contribution < -0.4 is 10.1 Å². The summed E-state index contributed by atoms with van der Waals surface area (Å²) in [7, 11) is 1.92. The maximum absolute atomic E-state index is 5.97. The topological polar surface area (TPSA) is 47.0 Å². The average Bonchev–Trinajstić information content (AvgIpc) is 2.48. The molecule has 0 bridgehead atoms. The fourth-order valence-electron chi connectivity index (χ4n) is 2.11. The number of halogens is 1. The van der Waals surface area contributed by atoms with E-state index in [1.807, 2.05) is 37.4 Å². The molecule has 0 unspecified atom stereocenters. The van der Waals surface area contributed by atoms with Crippen LogP contribution in [0.2, 0.25) is 0 Å². The minimum atomic E-state index is 0.703. The Morgan fingerprint density at radius 1 is 1.19 bits per heavy atom. The van der Waals surface area contributed by atoms with Crippen molar-refractivity contribution in [3.05, 3.63) is 58.8 Å². The third-order valence-electron chi connectivity index (χ3n) is 3.01. The van der Waals surface area contributed by atoms with Crippen molar-refractivity contribution in [3.8, 4) is 11.5 Å². The molecule has 0 spiro atoms. The molecule has 0 atom stereocenters. The molecule has 0 fully saturated rings. The Morgan fingerprint density at radius 3 is 2.95 bits per heavy atom. The van der Waals surface area contributed by atoms with Crippen molar-refractivity contribution < 1.29 is 4.74 Å². The number of pyridine rings is 2. The largest absolute Gasteiger partial charge is 0.455 e. The van der Waals surface area contributed by atoms with E-state index in [1.165, 1.54) is 5.56 Å². The van der Waals surface area contributed by atoms with Crippen LogP contribution in [-0.2, 0) is 6.54 Å². The number of rotatable bonds is 4. The first-order chi connectivity index (χ1) is 10.3. The SMILES string of the molecule is CNCc1cccc(Oc2ccnc3cc(Br)cnc23)c1. The standard InChI is InChI=1S/C16H14BrN3O/c1-18-9-11-3-2-4-13(7-11)21-15-5-6-19-14-8-12(17)10-20-16(14)15/h2-8,10,18H,9H2,1H3. The van der Waals surface area contributed by atoms with Gasteiger partial charge >= 0.3 is 0 Å². The zero-order chi connectivity index (χ0) is 14.7. The van der Waals surface area contributed by atoms with Gasteiger partial charge in [0.1, 0.15) is 11.3 Å². The van der Waals surface area contributed by atoms with Crippen LogP contribution in [0.25, 0.3) is 11.0 Å². The molecule has 106 valence electrons. The van der Waals surface area contributed by atoms with E-state index in [-0.39, 0.29) is 0 Å². The molecular formula is C16H14BrN3O. The summed E-state index contributed by atoms with van der Waals surface area (Å²) in [6.07, 6.45) is 3.47. The van der Waals surface area contributed by atoms with Crippen LogP contribution in [0, 0.1) is 0 Å². The molecule has 0 aliphatic rings. The van der Waals surface area contributed by atoms with E-state index >= 15 is 0 Å². The van der Waals surface area contributed by atoms with Gasteiger partial charge in [-0.2, -0.15) is 0 Å². The summed E-state index contributed by atoms with van der Waals surface area (Å²) in [4.78, 5) is 8.70. The summed E-state index contributed by atoms with van der Waals surface area (Å²) in [5.41, 5.74) is 2.72. The predicted molar refractivity (Wildman–Crippen MR) is 86.5 cm³/mol. The minimum Gasteiger partial charge on any atom is -0.455 e. The first kappa shape index (κ1) is 14.0. The normalized spacial score (nSPS) is 10.8. The van der Waals surface area contributed by atoms with Crippen molar-refractivity contribution in [2.75, 3.05) is 7.05 Å². The molecule has 2 aromatic heterocycles. The van der Waals surface area contributed by atoms with Crippen LogP contribution in [0.5, 0.6) is 11.5 Å². The highest BCUT2D eigenvalue weighted by Crippen LogP contribution is 2.28. The summed E-state index contributed by atoms with van der Waals surface area (Å²) in [6, 6.07) is 11.7. The fraction of sp³-hybridized carbons (Fsp3) is 0.125. The van der Waals surface area contributed by atoms with Crippen LogP contribution in [0.4, 0.5) is 0 Å². The average molecular weight is 344 g/mol. The Balaban J connectivity index is 1.96. The van der Waals surface area contributed by atoms with Gasteiger partial charge in [0.2, 0.25) is 0 Å². The third-order valence-corrected chi connectivity index (χ3v) is 3.45. The minimum absolute atomic E-state index is 0.703. The molecule has 0 amide bonds. The molecule has 0 radical (unpaired) electrons. The summed E-state index contributed by atoms with van der Waals surface area (Å²) in [5, 5.41) is 3.13. The first-order valence-electron chi connectivity index (χ1n) is 6.58. The van der Waals surface area contributed by atoms with Crippen molar-refractivity contribution in [2.24, 2.45) is 0 Å². The van der Waals surface area contributed by atoms with Crippen molar-refractivity contribution in [2.45, 2.75) is 6.54 Å². The zero-order valence-electron chi connectivity index (χ0n) is 11.5. The number of aromatic nitrogens is 2. The van der Waals surface area contributed by atoms with Crippen molar-refractivity contribution in [1.82, 2.24) is 15.3 Å². The van der Waals surface area contributed by atoms with Gasteiger partial charge in [-0.25, -0.2) is 4.98 Å². The molecule has 0 aliphatic carbocycles. The molecule has 0 saturated heterocycles. The number of fused-ring (bicyclic) bond motifs is 1. The van der Waals surface area contributed by atoms with E-state index in [0.29, 0.717) is 5.75 Å². The highest BCUT2D eigenvalue weighted by molar-refractivity contribution is 9.10. The van der Waals surface area contributed by atoms with E-state index in [4.69, 9.17) is 4.74 Å². The molecule has 3 aromatic rings. The van der Waals surface area contributed by atoms with Crippen molar-refractivity contribution >= 4 is 27.0 Å². The lowest BCUT2D eigenvalue weighted by molar-refractivity contribution is 0.485. The van der Waals surface area contributed by atoms with Gasteiger partial charge in [-0.15, -0.1) is 0 Å². The lowest BCUT2D eigenvalue weighted by Gasteiger charge is -2.09. The summed E-state index contributed by atoms with van der Waals surface area (Å²) in [6.45, 7) is 0.805. The fourth-order valence-corrected chi connectivity index (χ4v) is 2.43. The number of ether oxygens (including phenoxy) is 1. The van der Waals surface area contributed by atoms with Gasteiger partial charge in [-0.1, -0.05) is 12.1 Å². The third kappa shape index (κ3) is 3.20. The van der Waals surface area contributed by atoms with E-state index in [9.17, 15) is 0 Å². The Hall–Kier alpha value is -1.98. The lowest BCUT2D eigenvalue weighted by atomic mass is 10.2. The van der Waals surface area contributed by atoms with Gasteiger partial charge in [0.25, 0.3) is 0 Å². The maximum Gasteiger partial charge on any atom is 0.156 e. The van der Waals surface area contributed by atoms with Gasteiger partial charge in [-0.3, -0.25) is 4.98 Å². The monoisotopic (exact) mass is 343 g/mol. The molecule has 0 aliphatic heterocycles. The molecule has 4 nitrogen and oxygen atoms in total. The number of benzene rings is 1. The summed E-state index contributed by atoms with van der Waals surface area (Å²) in [5.74, 6) is 1.49. The maximum atomic E-state index is 5.97. The van der Waals surface area contributed by atoms with Crippen LogP contribution in [-0.4, -0.2) is 17.0 Å².